The summed E-state index contributed by atoms with van der Waals surface area (Å²) in [5.41, 5.74) is 0. The molecule has 0 aromatic heterocycles. The van der Waals surface area contributed by atoms with Crippen LogP contribution in [0.1, 0.15) is 304 Å². The normalized spacial score (nSPS) is 11.9. The van der Waals surface area contributed by atoms with Gasteiger partial charge in [-0.25, -0.2) is 0 Å². The average molecular weight is 849 g/mol. The number of hydrogen-bond acceptors (Lipinski definition) is 6. The van der Waals surface area contributed by atoms with Crippen molar-refractivity contribution < 1.29 is 28.6 Å². The topological polar surface area (TPSA) is 78.9 Å². The van der Waals surface area contributed by atoms with Gasteiger partial charge in [-0.15, -0.1) is 0 Å². The molecule has 0 saturated carbocycles. The molecule has 0 N–H and O–H groups in total. The molecule has 1 atom stereocenters. The first kappa shape index (κ1) is 58.4. The Labute approximate surface area is 374 Å². The zero-order valence-electron chi connectivity index (χ0n) is 40.9. The molecule has 0 aromatic carbocycles. The van der Waals surface area contributed by atoms with Gasteiger partial charge in [-0.05, 0) is 25.2 Å². The van der Waals surface area contributed by atoms with Crippen LogP contribution in [0.3, 0.4) is 0 Å². The average Bonchev–Trinajstić information content (AvgIpc) is 3.23. The molecular weight excluding hydrogens is 745 g/mol. The molecule has 0 rings (SSSR count). The molecule has 6 nitrogen and oxygen atoms in total. The van der Waals surface area contributed by atoms with Crippen LogP contribution in [0.2, 0.25) is 0 Å². The van der Waals surface area contributed by atoms with Crippen molar-refractivity contribution in [2.75, 3.05) is 13.2 Å². The lowest BCUT2D eigenvalue weighted by atomic mass is 10.0. The zero-order chi connectivity index (χ0) is 43.8. The molecule has 0 amide bonds. The van der Waals surface area contributed by atoms with Gasteiger partial charge in [-0.2, -0.15) is 0 Å². The van der Waals surface area contributed by atoms with Crippen LogP contribution in [-0.2, 0) is 28.6 Å². The van der Waals surface area contributed by atoms with E-state index in [1.165, 1.54) is 199 Å². The number of carbonyl (C=O) groups is 3. The van der Waals surface area contributed by atoms with E-state index < -0.39 is 6.10 Å². The van der Waals surface area contributed by atoms with Gasteiger partial charge >= 0.3 is 17.9 Å². The van der Waals surface area contributed by atoms with Crippen molar-refractivity contribution in [3.8, 4) is 0 Å². The number of carbonyl (C=O) groups excluding carboxylic acids is 3. The highest BCUT2D eigenvalue weighted by Crippen LogP contribution is 2.17. The SMILES string of the molecule is CCCCCCCCCCCCCCCCCCCCC(=O)O[C@@H](COC(=O)CCCCCCCCCCCC)COC(=O)CCCCCCCCCCCCCC(C)C. The summed E-state index contributed by atoms with van der Waals surface area (Å²) in [7, 11) is 0. The van der Waals surface area contributed by atoms with Crippen LogP contribution in [0.15, 0.2) is 0 Å². The molecule has 0 aliphatic carbocycles. The summed E-state index contributed by atoms with van der Waals surface area (Å²) in [6, 6.07) is 0. The Morgan fingerprint density at radius 2 is 0.550 bits per heavy atom. The van der Waals surface area contributed by atoms with E-state index in [0.29, 0.717) is 19.3 Å². The second-order valence-corrected chi connectivity index (χ2v) is 19.0. The van der Waals surface area contributed by atoms with Crippen LogP contribution in [0, 0.1) is 5.92 Å². The third-order valence-corrected chi connectivity index (χ3v) is 12.3. The van der Waals surface area contributed by atoms with E-state index in [4.69, 9.17) is 14.2 Å². The molecular formula is C54H104O6. The van der Waals surface area contributed by atoms with Gasteiger partial charge in [0.2, 0.25) is 0 Å². The van der Waals surface area contributed by atoms with E-state index >= 15 is 0 Å². The summed E-state index contributed by atoms with van der Waals surface area (Å²) in [5, 5.41) is 0. The number of hydrogen-bond donors (Lipinski definition) is 0. The first-order valence-electron chi connectivity index (χ1n) is 26.9. The Morgan fingerprint density at radius 1 is 0.317 bits per heavy atom. The third-order valence-electron chi connectivity index (χ3n) is 12.3. The Hall–Kier alpha value is -1.59. The van der Waals surface area contributed by atoms with E-state index in [1.807, 2.05) is 0 Å². The second kappa shape index (κ2) is 48.4. The highest BCUT2D eigenvalue weighted by atomic mass is 16.6. The smallest absolute Gasteiger partial charge is 0.306 e. The quantitative estimate of drug-likeness (QED) is 0.0345. The monoisotopic (exact) mass is 849 g/mol. The van der Waals surface area contributed by atoms with Gasteiger partial charge in [0.15, 0.2) is 6.10 Å². The highest BCUT2D eigenvalue weighted by molar-refractivity contribution is 5.71. The van der Waals surface area contributed by atoms with Crippen molar-refractivity contribution in [2.24, 2.45) is 5.92 Å². The van der Waals surface area contributed by atoms with Crippen LogP contribution < -0.4 is 0 Å². The lowest BCUT2D eigenvalue weighted by Gasteiger charge is -2.18. The number of ether oxygens (including phenoxy) is 3. The third kappa shape index (κ3) is 47.5. The molecule has 0 unspecified atom stereocenters. The molecule has 0 fully saturated rings. The molecule has 0 bridgehead atoms. The van der Waals surface area contributed by atoms with Crippen molar-refractivity contribution in [3.63, 3.8) is 0 Å². The molecule has 0 saturated heterocycles. The second-order valence-electron chi connectivity index (χ2n) is 19.0. The Balaban J connectivity index is 4.26. The lowest BCUT2D eigenvalue weighted by Crippen LogP contribution is -2.30. The van der Waals surface area contributed by atoms with Gasteiger partial charge in [0.05, 0.1) is 0 Å². The molecule has 356 valence electrons. The van der Waals surface area contributed by atoms with Crippen molar-refractivity contribution in [3.05, 3.63) is 0 Å². The Bertz CT molecular complexity index is 903. The largest absolute Gasteiger partial charge is 0.462 e. The molecule has 0 aliphatic heterocycles. The summed E-state index contributed by atoms with van der Waals surface area (Å²) in [6.45, 7) is 9.02. The standard InChI is InChI=1S/C54H104O6/c1-5-7-9-11-13-15-17-18-19-20-21-22-23-26-31-35-39-43-47-54(57)60-51(48-58-52(55)45-41-37-33-29-16-14-12-10-8-6-2)49-59-53(56)46-42-38-34-30-27-24-25-28-32-36-40-44-50(3)4/h50-51H,5-49H2,1-4H3/t51-/m0/s1. The van der Waals surface area contributed by atoms with Crippen LogP contribution in [0.5, 0.6) is 0 Å². The number of rotatable bonds is 49. The molecule has 60 heavy (non-hydrogen) atoms. The molecule has 0 radical (unpaired) electrons. The minimum Gasteiger partial charge on any atom is -0.462 e. The molecule has 0 aromatic rings. The van der Waals surface area contributed by atoms with Crippen molar-refractivity contribution >= 4 is 17.9 Å². The maximum Gasteiger partial charge on any atom is 0.306 e. The van der Waals surface area contributed by atoms with Crippen molar-refractivity contribution in [1.29, 1.82) is 0 Å². The summed E-state index contributed by atoms with van der Waals surface area (Å²) >= 11 is 0. The summed E-state index contributed by atoms with van der Waals surface area (Å²) in [4.78, 5) is 37.9. The maximum atomic E-state index is 12.8. The van der Waals surface area contributed by atoms with Gasteiger partial charge in [-0.1, -0.05) is 265 Å². The van der Waals surface area contributed by atoms with Gasteiger partial charge < -0.3 is 14.2 Å². The molecule has 0 spiro atoms. The zero-order valence-corrected chi connectivity index (χ0v) is 40.9. The predicted molar refractivity (Wildman–Crippen MR) is 257 cm³/mol. The van der Waals surface area contributed by atoms with Gasteiger partial charge in [-0.3, -0.25) is 14.4 Å². The summed E-state index contributed by atoms with van der Waals surface area (Å²) < 4.78 is 16.8. The maximum absolute atomic E-state index is 12.8. The van der Waals surface area contributed by atoms with E-state index in [9.17, 15) is 14.4 Å². The highest BCUT2D eigenvalue weighted by Gasteiger charge is 2.19. The van der Waals surface area contributed by atoms with Crippen LogP contribution in [0.25, 0.3) is 0 Å². The minimum absolute atomic E-state index is 0.0628. The van der Waals surface area contributed by atoms with Crippen LogP contribution >= 0.6 is 0 Å². The Kier molecular flexibility index (Phi) is 47.2. The Morgan fingerprint density at radius 3 is 0.817 bits per heavy atom. The fourth-order valence-electron chi connectivity index (χ4n) is 8.22. The fraction of sp³-hybridized carbons (Fsp3) is 0.944. The van der Waals surface area contributed by atoms with Crippen LogP contribution in [0.4, 0.5) is 0 Å². The molecule has 0 heterocycles. The fourth-order valence-corrected chi connectivity index (χ4v) is 8.22. The van der Waals surface area contributed by atoms with Gasteiger partial charge in [0, 0.05) is 19.3 Å². The van der Waals surface area contributed by atoms with E-state index in [-0.39, 0.29) is 31.1 Å². The number of esters is 3. The minimum atomic E-state index is -0.760. The van der Waals surface area contributed by atoms with E-state index in [2.05, 4.69) is 27.7 Å². The first-order chi connectivity index (χ1) is 29.4. The van der Waals surface area contributed by atoms with Gasteiger partial charge in [0.25, 0.3) is 0 Å². The molecule has 0 aliphatic rings. The van der Waals surface area contributed by atoms with E-state index in [1.54, 1.807) is 0 Å². The van der Waals surface area contributed by atoms with Gasteiger partial charge in [0.1, 0.15) is 13.2 Å². The lowest BCUT2D eigenvalue weighted by molar-refractivity contribution is -0.167. The first-order valence-corrected chi connectivity index (χ1v) is 26.9. The van der Waals surface area contributed by atoms with E-state index in [0.717, 1.165) is 63.7 Å². The van der Waals surface area contributed by atoms with Crippen molar-refractivity contribution in [1.82, 2.24) is 0 Å². The van der Waals surface area contributed by atoms with Crippen LogP contribution in [-0.4, -0.2) is 37.2 Å². The summed E-state index contributed by atoms with van der Waals surface area (Å²) in [6.07, 6.45) is 50.9. The predicted octanol–water partition coefficient (Wildman–Crippen LogP) is 17.5. The number of unbranched alkanes of at least 4 members (excludes halogenated alkanes) is 36. The molecule has 6 heteroatoms. The van der Waals surface area contributed by atoms with Crippen molar-refractivity contribution in [2.45, 2.75) is 310 Å². The summed E-state index contributed by atoms with van der Waals surface area (Å²) in [5.74, 6) is -0.0167.